The van der Waals surface area contributed by atoms with E-state index >= 15 is 0 Å². The molecule has 1 aromatic rings. The summed E-state index contributed by atoms with van der Waals surface area (Å²) in [5.74, 6) is 5.99. The van der Waals surface area contributed by atoms with Crippen molar-refractivity contribution in [3.8, 4) is 11.8 Å². The molecule has 1 fully saturated rings. The molecule has 0 spiro atoms. The minimum atomic E-state index is -0.281. The Hall–Kier alpha value is -1.37. The third-order valence-corrected chi connectivity index (χ3v) is 3.43. The average molecular weight is 261 g/mol. The topological polar surface area (TPSA) is 23.5 Å². The van der Waals surface area contributed by atoms with Crippen molar-refractivity contribution >= 4 is 0 Å². The second-order valence-corrected chi connectivity index (χ2v) is 5.03. The second-order valence-electron chi connectivity index (χ2n) is 5.03. The number of rotatable bonds is 5. The third-order valence-electron chi connectivity index (χ3n) is 3.43. The predicted molar refractivity (Wildman–Crippen MR) is 74.0 cm³/mol. The van der Waals surface area contributed by atoms with Crippen LogP contribution in [0.2, 0.25) is 0 Å². The molecular formula is C16H20FNO. The summed E-state index contributed by atoms with van der Waals surface area (Å²) in [6.07, 6.45) is 2.66. The summed E-state index contributed by atoms with van der Waals surface area (Å²) >= 11 is 0. The lowest BCUT2D eigenvalue weighted by molar-refractivity contribution is 0.268. The van der Waals surface area contributed by atoms with Crippen LogP contribution in [-0.2, 0) is 6.54 Å². The number of hydrogen-bond acceptors (Lipinski definition) is 2. The van der Waals surface area contributed by atoms with E-state index in [0.29, 0.717) is 5.56 Å². The van der Waals surface area contributed by atoms with E-state index in [0.717, 1.165) is 31.1 Å². The maximum absolute atomic E-state index is 13.3. The Morgan fingerprint density at radius 2 is 2.21 bits per heavy atom. The monoisotopic (exact) mass is 261 g/mol. The van der Waals surface area contributed by atoms with Gasteiger partial charge in [0.1, 0.15) is 12.4 Å². The number of aliphatic hydroxyl groups excluding tert-OH is 1. The Bertz CT molecular complexity index is 485. The van der Waals surface area contributed by atoms with Gasteiger partial charge in [0.25, 0.3) is 0 Å². The zero-order chi connectivity index (χ0) is 13.7. The normalized spacial score (nSPS) is 14.3. The molecule has 2 rings (SSSR count). The van der Waals surface area contributed by atoms with E-state index < -0.39 is 0 Å². The van der Waals surface area contributed by atoms with Gasteiger partial charge in [0.05, 0.1) is 0 Å². The number of benzene rings is 1. The van der Waals surface area contributed by atoms with Gasteiger partial charge in [0.2, 0.25) is 0 Å². The van der Waals surface area contributed by atoms with Crippen LogP contribution in [0.3, 0.4) is 0 Å². The molecule has 1 saturated carbocycles. The lowest BCUT2D eigenvalue weighted by atomic mass is 10.1. The molecule has 0 radical (unpaired) electrons. The minimum absolute atomic E-state index is 0.199. The van der Waals surface area contributed by atoms with Crippen molar-refractivity contribution in [3.63, 3.8) is 0 Å². The van der Waals surface area contributed by atoms with Crippen molar-refractivity contribution in [1.29, 1.82) is 0 Å². The number of nitrogens with zero attached hydrogens (tertiary/aromatic N) is 1. The highest BCUT2D eigenvalue weighted by molar-refractivity contribution is 5.41. The van der Waals surface area contributed by atoms with E-state index in [1.807, 2.05) is 0 Å². The largest absolute Gasteiger partial charge is 0.384 e. The SMILES string of the molecule is CCN(Cc1ccc(F)cc1C#CCO)CC1CC1. The summed E-state index contributed by atoms with van der Waals surface area (Å²) in [6, 6.07) is 4.72. The van der Waals surface area contributed by atoms with E-state index in [-0.39, 0.29) is 12.4 Å². The maximum Gasteiger partial charge on any atom is 0.124 e. The van der Waals surface area contributed by atoms with Crippen LogP contribution in [0.4, 0.5) is 4.39 Å². The van der Waals surface area contributed by atoms with Gasteiger partial charge in [-0.25, -0.2) is 4.39 Å². The van der Waals surface area contributed by atoms with Crippen LogP contribution >= 0.6 is 0 Å². The number of halogens is 1. The van der Waals surface area contributed by atoms with Gasteiger partial charge in [-0.1, -0.05) is 24.8 Å². The van der Waals surface area contributed by atoms with Crippen molar-refractivity contribution in [2.45, 2.75) is 26.3 Å². The maximum atomic E-state index is 13.3. The van der Waals surface area contributed by atoms with Gasteiger partial charge in [0, 0.05) is 18.7 Å². The lowest BCUT2D eigenvalue weighted by Crippen LogP contribution is -2.25. The summed E-state index contributed by atoms with van der Waals surface area (Å²) < 4.78 is 13.3. The van der Waals surface area contributed by atoms with Crippen LogP contribution in [0.5, 0.6) is 0 Å². The van der Waals surface area contributed by atoms with E-state index in [4.69, 9.17) is 5.11 Å². The van der Waals surface area contributed by atoms with Crippen LogP contribution < -0.4 is 0 Å². The van der Waals surface area contributed by atoms with Crippen LogP contribution in [0.1, 0.15) is 30.9 Å². The Labute approximate surface area is 114 Å². The molecule has 3 heteroatoms. The molecule has 0 aliphatic heterocycles. The van der Waals surface area contributed by atoms with Gasteiger partial charge < -0.3 is 5.11 Å². The van der Waals surface area contributed by atoms with Crippen molar-refractivity contribution in [2.75, 3.05) is 19.7 Å². The Morgan fingerprint density at radius 1 is 1.42 bits per heavy atom. The summed E-state index contributed by atoms with van der Waals surface area (Å²) in [7, 11) is 0. The first-order chi connectivity index (χ1) is 9.22. The van der Waals surface area contributed by atoms with Gasteiger partial charge in [-0.05, 0) is 43.0 Å². The van der Waals surface area contributed by atoms with E-state index in [1.54, 1.807) is 6.07 Å². The Morgan fingerprint density at radius 3 is 2.84 bits per heavy atom. The van der Waals surface area contributed by atoms with Crippen LogP contribution in [0, 0.1) is 23.6 Å². The van der Waals surface area contributed by atoms with Crippen LogP contribution in [0.15, 0.2) is 18.2 Å². The first-order valence-corrected chi connectivity index (χ1v) is 6.83. The molecule has 0 atom stereocenters. The highest BCUT2D eigenvalue weighted by Crippen LogP contribution is 2.30. The van der Waals surface area contributed by atoms with E-state index in [1.165, 1.54) is 25.0 Å². The molecule has 0 aromatic heterocycles. The first kappa shape index (κ1) is 14.0. The van der Waals surface area contributed by atoms with Gasteiger partial charge in [0.15, 0.2) is 0 Å². The number of aliphatic hydroxyl groups is 1. The first-order valence-electron chi connectivity index (χ1n) is 6.83. The van der Waals surface area contributed by atoms with E-state index in [9.17, 15) is 4.39 Å². The fraction of sp³-hybridized carbons (Fsp3) is 0.500. The average Bonchev–Trinajstić information content (AvgIpc) is 3.21. The molecule has 1 aliphatic rings. The van der Waals surface area contributed by atoms with Crippen molar-refractivity contribution in [2.24, 2.45) is 5.92 Å². The van der Waals surface area contributed by atoms with Gasteiger partial charge in [-0.3, -0.25) is 4.90 Å². The smallest absolute Gasteiger partial charge is 0.124 e. The molecule has 1 aromatic carbocycles. The molecule has 0 amide bonds. The second kappa shape index (κ2) is 6.70. The van der Waals surface area contributed by atoms with Crippen LogP contribution in [-0.4, -0.2) is 29.7 Å². The van der Waals surface area contributed by atoms with E-state index in [2.05, 4.69) is 23.7 Å². The standard InChI is InChI=1S/C16H20FNO/c1-2-18(11-13-5-6-13)12-15-7-8-16(17)10-14(15)4-3-9-19/h7-8,10,13,19H,2,5-6,9,11-12H2,1H3. The molecule has 0 bridgehead atoms. The lowest BCUT2D eigenvalue weighted by Gasteiger charge is -2.21. The van der Waals surface area contributed by atoms with Gasteiger partial charge in [-0.15, -0.1) is 0 Å². The van der Waals surface area contributed by atoms with Crippen molar-refractivity contribution in [3.05, 3.63) is 35.1 Å². The zero-order valence-electron chi connectivity index (χ0n) is 11.3. The molecule has 0 heterocycles. The molecule has 0 saturated heterocycles. The fourth-order valence-corrected chi connectivity index (χ4v) is 2.15. The quantitative estimate of drug-likeness (QED) is 0.823. The summed E-state index contributed by atoms with van der Waals surface area (Å²) in [6.45, 7) is 4.84. The molecule has 1 aliphatic carbocycles. The molecule has 1 N–H and O–H groups in total. The highest BCUT2D eigenvalue weighted by atomic mass is 19.1. The van der Waals surface area contributed by atoms with Gasteiger partial charge >= 0.3 is 0 Å². The zero-order valence-corrected chi connectivity index (χ0v) is 11.3. The molecule has 0 unspecified atom stereocenters. The molecule has 2 nitrogen and oxygen atoms in total. The predicted octanol–water partition coefficient (Wildman–Crippen LogP) is 2.40. The third kappa shape index (κ3) is 4.34. The molecular weight excluding hydrogens is 241 g/mol. The summed E-state index contributed by atoms with van der Waals surface area (Å²) in [5.41, 5.74) is 1.72. The highest BCUT2D eigenvalue weighted by Gasteiger charge is 2.23. The Balaban J connectivity index is 2.12. The van der Waals surface area contributed by atoms with Crippen molar-refractivity contribution < 1.29 is 9.50 Å². The van der Waals surface area contributed by atoms with Crippen molar-refractivity contribution in [1.82, 2.24) is 4.90 Å². The molecule has 102 valence electrons. The summed E-state index contributed by atoms with van der Waals surface area (Å²) in [5, 5.41) is 8.77. The fourth-order valence-electron chi connectivity index (χ4n) is 2.15. The molecule has 19 heavy (non-hydrogen) atoms. The van der Waals surface area contributed by atoms with Gasteiger partial charge in [-0.2, -0.15) is 0 Å². The minimum Gasteiger partial charge on any atom is -0.384 e. The number of hydrogen-bond donors (Lipinski definition) is 1. The van der Waals surface area contributed by atoms with Crippen LogP contribution in [0.25, 0.3) is 0 Å². The summed E-state index contributed by atoms with van der Waals surface area (Å²) in [4.78, 5) is 2.37. The Kier molecular flexibility index (Phi) is 4.95.